The minimum Gasteiger partial charge on any atom is -0.326 e. The zero-order valence-electron chi connectivity index (χ0n) is 15.8. The van der Waals surface area contributed by atoms with Crippen LogP contribution in [0.1, 0.15) is 49.6 Å². The van der Waals surface area contributed by atoms with Crippen LogP contribution >= 0.6 is 11.3 Å². The molecule has 1 aromatic heterocycles. The van der Waals surface area contributed by atoms with Crippen LogP contribution in [0.5, 0.6) is 0 Å². The van der Waals surface area contributed by atoms with Crippen molar-refractivity contribution in [2.24, 2.45) is 11.8 Å². The Hall–Kier alpha value is -2.40. The molecule has 0 aromatic carbocycles. The number of anilines is 1. The molecule has 1 aliphatic carbocycles. The third-order valence-electron chi connectivity index (χ3n) is 4.99. The van der Waals surface area contributed by atoms with Crippen LogP contribution in [0.25, 0.3) is 0 Å². The smallest absolute Gasteiger partial charge is 0.325 e. The molecule has 2 heterocycles. The fourth-order valence-electron chi connectivity index (χ4n) is 3.62. The van der Waals surface area contributed by atoms with Gasteiger partial charge in [0, 0.05) is 4.88 Å². The molecule has 1 aromatic rings. The van der Waals surface area contributed by atoms with Crippen LogP contribution in [-0.2, 0) is 22.4 Å². The van der Waals surface area contributed by atoms with Crippen molar-refractivity contribution in [3.8, 4) is 6.07 Å². The number of fused-ring (bicyclic) bond motifs is 1. The highest BCUT2D eigenvalue weighted by Crippen LogP contribution is 2.39. The monoisotopic (exact) mass is 388 g/mol. The molecule has 1 aliphatic heterocycles. The van der Waals surface area contributed by atoms with E-state index in [2.05, 4.69) is 23.6 Å². The maximum Gasteiger partial charge on any atom is 0.325 e. The lowest BCUT2D eigenvalue weighted by Gasteiger charge is -2.17. The van der Waals surface area contributed by atoms with Gasteiger partial charge in [-0.15, -0.1) is 11.3 Å². The van der Waals surface area contributed by atoms with Gasteiger partial charge in [0.25, 0.3) is 5.91 Å². The van der Waals surface area contributed by atoms with E-state index in [4.69, 9.17) is 0 Å². The number of carbonyl (C=O) groups is 3. The Kier molecular flexibility index (Phi) is 5.51. The molecular formula is C19H24N4O3S. The molecule has 1 saturated heterocycles. The summed E-state index contributed by atoms with van der Waals surface area (Å²) >= 11 is 1.43. The molecule has 7 nitrogen and oxygen atoms in total. The summed E-state index contributed by atoms with van der Waals surface area (Å²) in [6.45, 7) is 5.77. The SMILES string of the molecule is CC(C)C[C@@H]1NC(=O)N(CC(=O)Nc2sc3c(c2C#N)CC[C@H](C)C3)C1=O. The second-order valence-corrected chi connectivity index (χ2v) is 8.88. The summed E-state index contributed by atoms with van der Waals surface area (Å²) in [5.41, 5.74) is 1.55. The van der Waals surface area contributed by atoms with Crippen LogP contribution in [0.3, 0.4) is 0 Å². The first kappa shape index (κ1) is 19.4. The van der Waals surface area contributed by atoms with Gasteiger partial charge in [0.1, 0.15) is 23.7 Å². The van der Waals surface area contributed by atoms with Gasteiger partial charge in [0.15, 0.2) is 0 Å². The Morgan fingerprint density at radius 2 is 2.19 bits per heavy atom. The second kappa shape index (κ2) is 7.69. The lowest BCUT2D eigenvalue weighted by atomic mass is 9.89. The third kappa shape index (κ3) is 3.98. The molecule has 27 heavy (non-hydrogen) atoms. The number of amides is 4. The van der Waals surface area contributed by atoms with Crippen LogP contribution in [0.4, 0.5) is 9.80 Å². The van der Waals surface area contributed by atoms with E-state index < -0.39 is 18.0 Å². The van der Waals surface area contributed by atoms with Gasteiger partial charge in [0.05, 0.1) is 5.56 Å². The third-order valence-corrected chi connectivity index (χ3v) is 6.16. The van der Waals surface area contributed by atoms with E-state index in [1.54, 1.807) is 0 Å². The standard InChI is InChI=1S/C19H24N4O3S/c1-10(2)6-14-18(25)23(19(26)21-14)9-16(24)22-17-13(8-20)12-5-4-11(3)7-15(12)27-17/h10-11,14H,4-7,9H2,1-3H3,(H,21,26)(H,22,24)/t11-,14-/m0/s1. The number of nitrogens with zero attached hydrogens (tertiary/aromatic N) is 2. The molecule has 3 rings (SSSR count). The first-order valence-corrected chi connectivity index (χ1v) is 10.1. The van der Waals surface area contributed by atoms with Gasteiger partial charge in [-0.3, -0.25) is 14.5 Å². The highest BCUT2D eigenvalue weighted by Gasteiger charge is 2.39. The fourth-order valence-corrected chi connectivity index (χ4v) is 5.00. The quantitative estimate of drug-likeness (QED) is 0.757. The minimum absolute atomic E-state index is 0.256. The van der Waals surface area contributed by atoms with Gasteiger partial charge in [-0.1, -0.05) is 20.8 Å². The predicted octanol–water partition coefficient (Wildman–Crippen LogP) is 2.65. The Labute approximate surface area is 162 Å². The summed E-state index contributed by atoms with van der Waals surface area (Å²) in [5.74, 6) is -0.0170. The molecule has 0 bridgehead atoms. The molecule has 2 N–H and O–H groups in total. The van der Waals surface area contributed by atoms with Crippen LogP contribution in [0.15, 0.2) is 0 Å². The Balaban J connectivity index is 1.69. The summed E-state index contributed by atoms with van der Waals surface area (Å²) in [5, 5.41) is 15.4. The summed E-state index contributed by atoms with van der Waals surface area (Å²) in [6, 6.07) is 1.08. The van der Waals surface area contributed by atoms with Crippen LogP contribution in [0, 0.1) is 23.2 Å². The fraction of sp³-hybridized carbons (Fsp3) is 0.579. The minimum atomic E-state index is -0.574. The Morgan fingerprint density at radius 1 is 1.44 bits per heavy atom. The van der Waals surface area contributed by atoms with E-state index in [-0.39, 0.29) is 18.4 Å². The molecule has 0 spiro atoms. The van der Waals surface area contributed by atoms with Gasteiger partial charge in [-0.05, 0) is 43.1 Å². The van der Waals surface area contributed by atoms with E-state index in [9.17, 15) is 19.6 Å². The average Bonchev–Trinajstić information content (AvgIpc) is 3.05. The average molecular weight is 388 g/mol. The summed E-state index contributed by atoms with van der Waals surface area (Å²) in [6.07, 6.45) is 3.33. The van der Waals surface area contributed by atoms with E-state index in [1.807, 2.05) is 13.8 Å². The van der Waals surface area contributed by atoms with Crippen LogP contribution < -0.4 is 10.6 Å². The maximum absolute atomic E-state index is 12.4. The molecule has 144 valence electrons. The number of carbonyl (C=O) groups excluding carboxylic acids is 3. The van der Waals surface area contributed by atoms with E-state index in [0.717, 1.165) is 34.6 Å². The number of urea groups is 1. The van der Waals surface area contributed by atoms with Crippen molar-refractivity contribution in [1.82, 2.24) is 10.2 Å². The predicted molar refractivity (Wildman–Crippen MR) is 102 cm³/mol. The van der Waals surface area contributed by atoms with E-state index in [1.165, 1.54) is 11.3 Å². The van der Waals surface area contributed by atoms with Gasteiger partial charge < -0.3 is 10.6 Å². The molecule has 2 aliphatic rings. The number of imide groups is 1. The molecule has 0 unspecified atom stereocenters. The maximum atomic E-state index is 12.4. The number of hydrogen-bond donors (Lipinski definition) is 2. The first-order chi connectivity index (χ1) is 12.8. The molecule has 0 saturated carbocycles. The first-order valence-electron chi connectivity index (χ1n) is 9.26. The van der Waals surface area contributed by atoms with E-state index >= 15 is 0 Å². The van der Waals surface area contributed by atoms with Crippen molar-refractivity contribution < 1.29 is 14.4 Å². The second-order valence-electron chi connectivity index (χ2n) is 7.77. The number of nitriles is 1. The van der Waals surface area contributed by atoms with Crippen molar-refractivity contribution >= 4 is 34.2 Å². The Morgan fingerprint density at radius 3 is 2.85 bits per heavy atom. The molecule has 4 amide bonds. The lowest BCUT2D eigenvalue weighted by molar-refractivity contribution is -0.131. The normalized spacial score (nSPS) is 21.8. The molecule has 1 fully saturated rings. The summed E-state index contributed by atoms with van der Waals surface area (Å²) in [7, 11) is 0. The molecule has 2 atom stereocenters. The number of hydrogen-bond acceptors (Lipinski definition) is 5. The van der Waals surface area contributed by atoms with Gasteiger partial charge >= 0.3 is 6.03 Å². The lowest BCUT2D eigenvalue weighted by Crippen LogP contribution is -2.38. The van der Waals surface area contributed by atoms with Gasteiger partial charge in [-0.25, -0.2) is 4.79 Å². The number of nitrogens with one attached hydrogen (secondary N) is 2. The largest absolute Gasteiger partial charge is 0.326 e. The van der Waals surface area contributed by atoms with Gasteiger partial charge in [0.2, 0.25) is 5.91 Å². The topological polar surface area (TPSA) is 102 Å². The zero-order chi connectivity index (χ0) is 19.7. The molecular weight excluding hydrogens is 364 g/mol. The highest BCUT2D eigenvalue weighted by atomic mass is 32.1. The van der Waals surface area contributed by atoms with Crippen LogP contribution in [-0.4, -0.2) is 35.3 Å². The summed E-state index contributed by atoms with van der Waals surface area (Å²) in [4.78, 5) is 39.0. The zero-order valence-corrected chi connectivity index (χ0v) is 16.6. The summed E-state index contributed by atoms with van der Waals surface area (Å²) < 4.78 is 0. The van der Waals surface area contributed by atoms with E-state index in [0.29, 0.717) is 22.9 Å². The molecule has 8 heteroatoms. The van der Waals surface area contributed by atoms with Crippen molar-refractivity contribution in [1.29, 1.82) is 5.26 Å². The molecule has 0 radical (unpaired) electrons. The van der Waals surface area contributed by atoms with Crippen molar-refractivity contribution in [3.63, 3.8) is 0 Å². The highest BCUT2D eigenvalue weighted by molar-refractivity contribution is 7.16. The Bertz CT molecular complexity index is 824. The van der Waals surface area contributed by atoms with Crippen molar-refractivity contribution in [2.75, 3.05) is 11.9 Å². The number of rotatable bonds is 5. The number of thiophene rings is 1. The van der Waals surface area contributed by atoms with Crippen molar-refractivity contribution in [2.45, 2.75) is 52.5 Å². The van der Waals surface area contributed by atoms with Gasteiger partial charge in [-0.2, -0.15) is 5.26 Å². The van der Waals surface area contributed by atoms with Crippen LogP contribution in [0.2, 0.25) is 0 Å². The van der Waals surface area contributed by atoms with Crippen molar-refractivity contribution in [3.05, 3.63) is 16.0 Å².